The molecule has 130 valence electrons. The van der Waals surface area contributed by atoms with E-state index in [9.17, 15) is 18.0 Å². The van der Waals surface area contributed by atoms with Crippen molar-refractivity contribution < 1.29 is 18.0 Å². The summed E-state index contributed by atoms with van der Waals surface area (Å²) in [6, 6.07) is 6.05. The Hall–Kier alpha value is -1.63. The molecular weight excluding hydrogens is 337 g/mol. The van der Waals surface area contributed by atoms with Gasteiger partial charge in [-0.15, -0.1) is 11.8 Å². The Labute approximate surface area is 142 Å². The zero-order chi connectivity index (χ0) is 17.5. The summed E-state index contributed by atoms with van der Waals surface area (Å²) in [6.07, 6.45) is -3.18. The quantitative estimate of drug-likeness (QED) is 0.889. The fraction of sp³-hybridized carbons (Fsp3) is 0.471. The molecule has 0 saturated carbocycles. The van der Waals surface area contributed by atoms with Crippen LogP contribution in [0.2, 0.25) is 0 Å². The standard InChI is InChI=1S/C17H19F3N2OS/c1-3-10-5-4-6-12-13-11(7-8-24-15(13)21-14(10)12)9-22(2)16(23)17(18,19)20/h4-6,11,21H,3,7-9H2,1-2H3. The van der Waals surface area contributed by atoms with Gasteiger partial charge in [0, 0.05) is 36.2 Å². The highest BCUT2D eigenvalue weighted by Gasteiger charge is 2.42. The molecule has 1 N–H and O–H groups in total. The number of carbonyl (C=O) groups excluding carboxylic acids is 1. The van der Waals surface area contributed by atoms with Gasteiger partial charge in [-0.2, -0.15) is 13.2 Å². The highest BCUT2D eigenvalue weighted by molar-refractivity contribution is 7.99. The molecule has 0 radical (unpaired) electrons. The minimum atomic E-state index is -4.82. The average molecular weight is 356 g/mol. The summed E-state index contributed by atoms with van der Waals surface area (Å²) >= 11 is 1.70. The van der Waals surface area contributed by atoms with Crippen LogP contribution in [0, 0.1) is 0 Å². The lowest BCUT2D eigenvalue weighted by Crippen LogP contribution is -2.40. The summed E-state index contributed by atoms with van der Waals surface area (Å²) in [4.78, 5) is 15.7. The first-order valence-corrected chi connectivity index (χ1v) is 8.90. The molecule has 1 aromatic carbocycles. The van der Waals surface area contributed by atoms with E-state index >= 15 is 0 Å². The number of hydrogen-bond acceptors (Lipinski definition) is 2. The van der Waals surface area contributed by atoms with E-state index in [1.165, 1.54) is 12.6 Å². The van der Waals surface area contributed by atoms with Crippen molar-refractivity contribution in [2.24, 2.45) is 0 Å². The summed E-state index contributed by atoms with van der Waals surface area (Å²) in [5.41, 5.74) is 3.31. The topological polar surface area (TPSA) is 36.1 Å². The number of carbonyl (C=O) groups is 1. The number of para-hydroxylation sites is 1. The number of aromatic nitrogens is 1. The first-order chi connectivity index (χ1) is 11.3. The number of benzene rings is 1. The molecule has 0 fully saturated rings. The zero-order valence-corrected chi connectivity index (χ0v) is 14.4. The molecule has 1 atom stereocenters. The molecule has 7 heteroatoms. The Morgan fingerprint density at radius 3 is 2.83 bits per heavy atom. The van der Waals surface area contributed by atoms with Crippen molar-refractivity contribution in [3.8, 4) is 0 Å². The van der Waals surface area contributed by atoms with Crippen LogP contribution in [0.25, 0.3) is 10.9 Å². The van der Waals surface area contributed by atoms with Crippen molar-refractivity contribution in [2.75, 3.05) is 19.3 Å². The zero-order valence-electron chi connectivity index (χ0n) is 13.5. The van der Waals surface area contributed by atoms with E-state index in [4.69, 9.17) is 0 Å². The molecule has 1 aromatic heterocycles. The maximum atomic E-state index is 12.6. The Morgan fingerprint density at radius 1 is 1.42 bits per heavy atom. The van der Waals surface area contributed by atoms with Crippen molar-refractivity contribution in [3.63, 3.8) is 0 Å². The van der Waals surface area contributed by atoms with Crippen molar-refractivity contribution in [1.29, 1.82) is 0 Å². The Morgan fingerprint density at radius 2 is 2.17 bits per heavy atom. The van der Waals surface area contributed by atoms with Crippen molar-refractivity contribution in [2.45, 2.75) is 36.9 Å². The summed E-state index contributed by atoms with van der Waals surface area (Å²) in [5, 5.41) is 2.09. The van der Waals surface area contributed by atoms with Crippen LogP contribution in [-0.4, -0.2) is 41.3 Å². The average Bonchev–Trinajstić information content (AvgIpc) is 2.92. The van der Waals surface area contributed by atoms with Gasteiger partial charge in [-0.05, 0) is 24.0 Å². The number of alkyl halides is 3. The summed E-state index contributed by atoms with van der Waals surface area (Å²) in [5.74, 6) is -1.03. The van der Waals surface area contributed by atoms with Crippen LogP contribution in [0.4, 0.5) is 13.2 Å². The van der Waals surface area contributed by atoms with E-state index < -0.39 is 12.1 Å². The molecule has 0 bridgehead atoms. The molecule has 1 unspecified atom stereocenters. The maximum absolute atomic E-state index is 12.6. The molecular formula is C17H19F3N2OS. The molecule has 24 heavy (non-hydrogen) atoms. The van der Waals surface area contributed by atoms with Crippen LogP contribution in [0.15, 0.2) is 23.2 Å². The number of fused-ring (bicyclic) bond motifs is 3. The van der Waals surface area contributed by atoms with Gasteiger partial charge in [0.2, 0.25) is 0 Å². The molecule has 2 aromatic rings. The SMILES string of the molecule is CCc1cccc2c3c([nH]c12)SCCC3CN(C)C(=O)C(F)(F)F. The maximum Gasteiger partial charge on any atom is 0.471 e. The lowest BCUT2D eigenvalue weighted by molar-refractivity contribution is -0.184. The summed E-state index contributed by atoms with van der Waals surface area (Å²) in [7, 11) is 1.23. The molecule has 1 amide bonds. The number of nitrogens with one attached hydrogen (secondary N) is 1. The largest absolute Gasteiger partial charge is 0.471 e. The number of aryl methyl sites for hydroxylation is 1. The normalized spacial score (nSPS) is 17.8. The number of nitrogens with zero attached hydrogens (tertiary/aromatic N) is 1. The molecule has 0 aliphatic carbocycles. The molecule has 1 aliphatic rings. The second-order valence-corrected chi connectivity index (χ2v) is 7.18. The minimum Gasteiger partial charge on any atom is -0.349 e. The Bertz CT molecular complexity index is 769. The number of H-pyrrole nitrogens is 1. The number of thioether (sulfide) groups is 1. The number of amides is 1. The molecule has 3 nitrogen and oxygen atoms in total. The van der Waals surface area contributed by atoms with Gasteiger partial charge in [0.05, 0.1) is 5.03 Å². The van der Waals surface area contributed by atoms with E-state index in [0.717, 1.165) is 45.0 Å². The van der Waals surface area contributed by atoms with Crippen molar-refractivity contribution in [3.05, 3.63) is 29.3 Å². The third-order valence-corrected chi connectivity index (χ3v) is 5.56. The fourth-order valence-electron chi connectivity index (χ4n) is 3.35. The molecule has 1 aliphatic heterocycles. The Kier molecular flexibility index (Phi) is 4.55. The van der Waals surface area contributed by atoms with Gasteiger partial charge < -0.3 is 9.88 Å². The van der Waals surface area contributed by atoms with E-state index in [0.29, 0.717) is 0 Å². The van der Waals surface area contributed by atoms with Crippen molar-refractivity contribution in [1.82, 2.24) is 9.88 Å². The number of rotatable bonds is 3. The van der Waals surface area contributed by atoms with Crippen LogP contribution < -0.4 is 0 Å². The van der Waals surface area contributed by atoms with Crippen LogP contribution in [-0.2, 0) is 11.2 Å². The van der Waals surface area contributed by atoms with Crippen LogP contribution in [0.3, 0.4) is 0 Å². The first kappa shape index (κ1) is 17.2. The molecule has 0 saturated heterocycles. The van der Waals surface area contributed by atoms with E-state index in [1.54, 1.807) is 11.8 Å². The predicted molar refractivity (Wildman–Crippen MR) is 89.5 cm³/mol. The molecule has 3 rings (SSSR count). The van der Waals surface area contributed by atoms with Gasteiger partial charge in [0.1, 0.15) is 0 Å². The number of aromatic amines is 1. The van der Waals surface area contributed by atoms with Crippen LogP contribution in [0.1, 0.15) is 30.4 Å². The third-order valence-electron chi connectivity index (χ3n) is 4.51. The monoisotopic (exact) mass is 356 g/mol. The highest BCUT2D eigenvalue weighted by Crippen LogP contribution is 2.43. The minimum absolute atomic E-state index is 0.0786. The fourth-order valence-corrected chi connectivity index (χ4v) is 4.56. The predicted octanol–water partition coefficient (Wildman–Crippen LogP) is 4.33. The van der Waals surface area contributed by atoms with Crippen LogP contribution in [0.5, 0.6) is 0 Å². The van der Waals surface area contributed by atoms with Gasteiger partial charge in [0.25, 0.3) is 0 Å². The van der Waals surface area contributed by atoms with Gasteiger partial charge >= 0.3 is 12.1 Å². The van der Waals surface area contributed by atoms with Crippen LogP contribution >= 0.6 is 11.8 Å². The van der Waals surface area contributed by atoms with Gasteiger partial charge in [-0.25, -0.2) is 0 Å². The van der Waals surface area contributed by atoms with E-state index in [-0.39, 0.29) is 12.5 Å². The lowest BCUT2D eigenvalue weighted by Gasteiger charge is -2.28. The van der Waals surface area contributed by atoms with Crippen molar-refractivity contribution >= 4 is 28.6 Å². The smallest absolute Gasteiger partial charge is 0.349 e. The Balaban J connectivity index is 1.96. The highest BCUT2D eigenvalue weighted by atomic mass is 32.2. The summed E-state index contributed by atoms with van der Waals surface area (Å²) < 4.78 is 37.9. The van der Waals surface area contributed by atoms with Gasteiger partial charge in [-0.3, -0.25) is 4.79 Å². The van der Waals surface area contributed by atoms with Gasteiger partial charge in [-0.1, -0.05) is 25.1 Å². The second kappa shape index (κ2) is 6.35. The third kappa shape index (κ3) is 3.01. The summed E-state index contributed by atoms with van der Waals surface area (Å²) in [6.45, 7) is 2.16. The number of halogens is 3. The molecule has 2 heterocycles. The number of likely N-dealkylation sites (N-methyl/N-ethyl adjacent to an activating group) is 1. The van der Waals surface area contributed by atoms with E-state index in [2.05, 4.69) is 18.0 Å². The molecule has 0 spiro atoms. The first-order valence-electron chi connectivity index (χ1n) is 7.91. The van der Waals surface area contributed by atoms with Gasteiger partial charge in [0.15, 0.2) is 0 Å². The number of hydrogen-bond donors (Lipinski definition) is 1. The van der Waals surface area contributed by atoms with E-state index in [1.807, 2.05) is 12.1 Å². The second-order valence-electron chi connectivity index (χ2n) is 6.08. The lowest BCUT2D eigenvalue weighted by atomic mass is 9.94.